The molecule has 0 atom stereocenters. The number of hydrogen-bond donors (Lipinski definition) is 2. The number of benzene rings is 2. The van der Waals surface area contributed by atoms with Gasteiger partial charge < -0.3 is 10.1 Å². The third-order valence-electron chi connectivity index (χ3n) is 2.75. The van der Waals surface area contributed by atoms with E-state index in [1.807, 2.05) is 13.0 Å². The molecule has 0 saturated heterocycles. The topological polar surface area (TPSA) is 50.4 Å². The molecule has 0 aliphatic rings. The second-order valence-electron chi connectivity index (χ2n) is 4.35. The van der Waals surface area contributed by atoms with Crippen LogP contribution in [-0.2, 0) is 0 Å². The number of nitrogens with one attached hydrogen (secondary N) is 2. The van der Waals surface area contributed by atoms with Crippen LogP contribution >= 0.6 is 23.8 Å². The molecule has 0 unspecified atom stereocenters. The number of ether oxygens (including phenoxy) is 1. The minimum absolute atomic E-state index is 0.178. The summed E-state index contributed by atoms with van der Waals surface area (Å²) >= 11 is 11.1. The summed E-state index contributed by atoms with van der Waals surface area (Å²) in [6, 6.07) is 14.0. The second-order valence-corrected chi connectivity index (χ2v) is 5.19. The summed E-state index contributed by atoms with van der Waals surface area (Å²) in [7, 11) is 0. The maximum absolute atomic E-state index is 12.0. The highest BCUT2D eigenvalue weighted by Gasteiger charge is 2.10. The Morgan fingerprint density at radius 1 is 1.23 bits per heavy atom. The molecule has 114 valence electrons. The van der Waals surface area contributed by atoms with Gasteiger partial charge in [0.1, 0.15) is 5.75 Å². The highest BCUT2D eigenvalue weighted by atomic mass is 35.5. The van der Waals surface area contributed by atoms with Gasteiger partial charge in [0.15, 0.2) is 5.11 Å². The lowest BCUT2D eigenvalue weighted by Gasteiger charge is -2.14. The zero-order valence-electron chi connectivity index (χ0n) is 11.9. The molecule has 0 saturated carbocycles. The van der Waals surface area contributed by atoms with Crippen molar-refractivity contribution in [3.63, 3.8) is 0 Å². The molecule has 2 N–H and O–H groups in total. The first-order valence-electron chi connectivity index (χ1n) is 6.70. The molecule has 0 aliphatic heterocycles. The van der Waals surface area contributed by atoms with E-state index >= 15 is 0 Å². The van der Waals surface area contributed by atoms with Crippen molar-refractivity contribution in [2.24, 2.45) is 0 Å². The smallest absolute Gasteiger partial charge is 0.257 e. The average Bonchev–Trinajstić information content (AvgIpc) is 2.51. The molecule has 0 bridgehead atoms. The lowest BCUT2D eigenvalue weighted by atomic mass is 10.2. The van der Waals surface area contributed by atoms with Gasteiger partial charge in [-0.1, -0.05) is 29.8 Å². The third kappa shape index (κ3) is 4.44. The van der Waals surface area contributed by atoms with E-state index in [2.05, 4.69) is 10.6 Å². The van der Waals surface area contributed by atoms with E-state index in [0.717, 1.165) is 0 Å². The SMILES string of the molecule is CCOc1ccc(Cl)cc1NC(=S)NC(=O)c1ccccc1. The molecule has 0 aromatic heterocycles. The zero-order valence-corrected chi connectivity index (χ0v) is 13.5. The lowest BCUT2D eigenvalue weighted by Crippen LogP contribution is -2.34. The van der Waals surface area contributed by atoms with Crippen LogP contribution in [0.4, 0.5) is 5.69 Å². The standard InChI is InChI=1S/C16H15ClN2O2S/c1-2-21-14-9-8-12(17)10-13(14)18-16(22)19-15(20)11-6-4-3-5-7-11/h3-10H,2H2,1H3,(H2,18,19,20,22). The molecule has 4 nitrogen and oxygen atoms in total. The number of carbonyl (C=O) groups excluding carboxylic acids is 1. The Kier molecular flexibility index (Phi) is 5.75. The fourth-order valence-corrected chi connectivity index (χ4v) is 2.17. The lowest BCUT2D eigenvalue weighted by molar-refractivity contribution is 0.0977. The van der Waals surface area contributed by atoms with Crippen molar-refractivity contribution in [2.75, 3.05) is 11.9 Å². The van der Waals surface area contributed by atoms with E-state index < -0.39 is 0 Å². The number of anilines is 1. The minimum atomic E-state index is -0.280. The number of halogens is 1. The summed E-state index contributed by atoms with van der Waals surface area (Å²) in [6.07, 6.45) is 0. The largest absolute Gasteiger partial charge is 0.492 e. The Hall–Kier alpha value is -2.11. The van der Waals surface area contributed by atoms with Crippen molar-refractivity contribution < 1.29 is 9.53 Å². The Morgan fingerprint density at radius 2 is 1.95 bits per heavy atom. The molecule has 6 heteroatoms. The highest BCUT2D eigenvalue weighted by molar-refractivity contribution is 7.80. The second kappa shape index (κ2) is 7.77. The predicted octanol–water partition coefficient (Wildman–Crippen LogP) is 3.87. The number of amides is 1. The van der Waals surface area contributed by atoms with Crippen LogP contribution in [0.2, 0.25) is 5.02 Å². The molecule has 0 spiro atoms. The maximum atomic E-state index is 12.0. The van der Waals surface area contributed by atoms with Crippen LogP contribution < -0.4 is 15.4 Å². The van der Waals surface area contributed by atoms with Gasteiger partial charge in [0, 0.05) is 10.6 Å². The van der Waals surface area contributed by atoms with Crippen molar-refractivity contribution in [1.29, 1.82) is 0 Å². The molecule has 22 heavy (non-hydrogen) atoms. The van der Waals surface area contributed by atoms with E-state index in [-0.39, 0.29) is 11.0 Å². The Labute approximate surface area is 139 Å². The van der Waals surface area contributed by atoms with E-state index in [0.29, 0.717) is 28.6 Å². The van der Waals surface area contributed by atoms with Crippen molar-refractivity contribution in [2.45, 2.75) is 6.92 Å². The predicted molar refractivity (Wildman–Crippen MR) is 92.7 cm³/mol. The number of thiocarbonyl (C=S) groups is 1. The molecule has 2 rings (SSSR count). The van der Waals surface area contributed by atoms with Crippen LogP contribution in [0.5, 0.6) is 5.75 Å². The van der Waals surface area contributed by atoms with Gasteiger partial charge in [-0.3, -0.25) is 10.1 Å². The molecular weight excluding hydrogens is 320 g/mol. The quantitative estimate of drug-likeness (QED) is 0.833. The van der Waals surface area contributed by atoms with Gasteiger partial charge in [-0.2, -0.15) is 0 Å². The van der Waals surface area contributed by atoms with Gasteiger partial charge in [0.25, 0.3) is 5.91 Å². The van der Waals surface area contributed by atoms with E-state index in [4.69, 9.17) is 28.6 Å². The normalized spacial score (nSPS) is 9.91. The van der Waals surface area contributed by atoms with Gasteiger partial charge in [-0.15, -0.1) is 0 Å². The zero-order chi connectivity index (χ0) is 15.9. The number of hydrogen-bond acceptors (Lipinski definition) is 3. The number of rotatable bonds is 4. The van der Waals surface area contributed by atoms with Crippen LogP contribution in [0.3, 0.4) is 0 Å². The summed E-state index contributed by atoms with van der Waals surface area (Å²) in [5.41, 5.74) is 1.13. The third-order valence-corrected chi connectivity index (χ3v) is 3.19. The Balaban J connectivity index is 2.06. The number of carbonyl (C=O) groups is 1. The van der Waals surface area contributed by atoms with Crippen molar-refractivity contribution in [1.82, 2.24) is 5.32 Å². The van der Waals surface area contributed by atoms with Gasteiger partial charge >= 0.3 is 0 Å². The first kappa shape index (κ1) is 16.3. The van der Waals surface area contributed by atoms with E-state index in [9.17, 15) is 4.79 Å². The van der Waals surface area contributed by atoms with Gasteiger partial charge in [0.05, 0.1) is 12.3 Å². The van der Waals surface area contributed by atoms with Gasteiger partial charge in [-0.25, -0.2) is 0 Å². The molecule has 2 aromatic carbocycles. The molecule has 2 aromatic rings. The first-order chi connectivity index (χ1) is 10.6. The van der Waals surface area contributed by atoms with E-state index in [1.165, 1.54) is 0 Å². The van der Waals surface area contributed by atoms with Gasteiger partial charge in [0.2, 0.25) is 0 Å². The van der Waals surface area contributed by atoms with Crippen molar-refractivity contribution >= 4 is 40.5 Å². The molecule has 0 fully saturated rings. The molecule has 1 amide bonds. The van der Waals surface area contributed by atoms with Crippen LogP contribution in [0, 0.1) is 0 Å². The monoisotopic (exact) mass is 334 g/mol. The highest BCUT2D eigenvalue weighted by Crippen LogP contribution is 2.27. The van der Waals surface area contributed by atoms with Crippen molar-refractivity contribution in [3.8, 4) is 5.75 Å². The summed E-state index contributed by atoms with van der Waals surface area (Å²) in [6.45, 7) is 2.40. The molecule has 0 radical (unpaired) electrons. The van der Waals surface area contributed by atoms with E-state index in [1.54, 1.807) is 42.5 Å². The van der Waals surface area contributed by atoms with Crippen LogP contribution in [0.15, 0.2) is 48.5 Å². The van der Waals surface area contributed by atoms with Crippen LogP contribution in [-0.4, -0.2) is 17.6 Å². The van der Waals surface area contributed by atoms with Crippen LogP contribution in [0.1, 0.15) is 17.3 Å². The fourth-order valence-electron chi connectivity index (χ4n) is 1.80. The Bertz CT molecular complexity index is 677. The van der Waals surface area contributed by atoms with Gasteiger partial charge in [-0.05, 0) is 49.5 Å². The summed E-state index contributed by atoms with van der Waals surface area (Å²) in [4.78, 5) is 12.0. The molecule has 0 aliphatic carbocycles. The fraction of sp³-hybridized carbons (Fsp3) is 0.125. The first-order valence-corrected chi connectivity index (χ1v) is 7.48. The minimum Gasteiger partial charge on any atom is -0.492 e. The molecule has 0 heterocycles. The Morgan fingerprint density at radius 3 is 2.64 bits per heavy atom. The average molecular weight is 335 g/mol. The van der Waals surface area contributed by atoms with Crippen LogP contribution in [0.25, 0.3) is 0 Å². The van der Waals surface area contributed by atoms with Crippen molar-refractivity contribution in [3.05, 3.63) is 59.1 Å². The summed E-state index contributed by atoms with van der Waals surface area (Å²) in [5.74, 6) is 0.335. The maximum Gasteiger partial charge on any atom is 0.257 e. The summed E-state index contributed by atoms with van der Waals surface area (Å²) < 4.78 is 5.49. The summed E-state index contributed by atoms with van der Waals surface area (Å²) in [5, 5.41) is 6.27. The molecular formula is C16H15ClN2O2S.